The average Bonchev–Trinajstić information content (AvgIpc) is 2.89. The van der Waals surface area contributed by atoms with E-state index in [9.17, 15) is 4.79 Å². The number of hydrogen-bond acceptors (Lipinski definition) is 2. The molecule has 1 aliphatic rings. The summed E-state index contributed by atoms with van der Waals surface area (Å²) in [7, 11) is 0. The Bertz CT molecular complexity index is 724. The average molecular weight is 300 g/mol. The molecule has 1 N–H and O–H groups in total. The molecule has 3 rings (SSSR count). The molecule has 1 heterocycles. The molecule has 0 unspecified atom stereocenters. The van der Waals surface area contributed by atoms with Gasteiger partial charge in [0.15, 0.2) is 0 Å². The maximum Gasteiger partial charge on any atom is 0.328 e. The SMILES string of the molecule is O=C(O)/C=C/c1cccc(Cl)c1N1CCc2ccccc21. The van der Waals surface area contributed by atoms with E-state index in [1.54, 1.807) is 6.08 Å². The smallest absolute Gasteiger partial charge is 0.328 e. The van der Waals surface area contributed by atoms with Crippen molar-refractivity contribution < 1.29 is 9.90 Å². The molecule has 2 aromatic rings. The van der Waals surface area contributed by atoms with Crippen molar-refractivity contribution in [2.24, 2.45) is 0 Å². The van der Waals surface area contributed by atoms with Crippen molar-refractivity contribution >= 4 is 35.0 Å². The van der Waals surface area contributed by atoms with Crippen molar-refractivity contribution in [1.82, 2.24) is 0 Å². The first-order chi connectivity index (χ1) is 10.2. The number of rotatable bonds is 3. The fourth-order valence-electron chi connectivity index (χ4n) is 2.68. The van der Waals surface area contributed by atoms with Crippen molar-refractivity contribution in [1.29, 1.82) is 0 Å². The van der Waals surface area contributed by atoms with Gasteiger partial charge in [-0.2, -0.15) is 0 Å². The molecule has 0 amide bonds. The number of para-hydroxylation sites is 2. The third-order valence-corrected chi connectivity index (χ3v) is 3.89. The van der Waals surface area contributed by atoms with Gasteiger partial charge in [-0.1, -0.05) is 41.9 Å². The zero-order valence-corrected chi connectivity index (χ0v) is 12.0. The van der Waals surface area contributed by atoms with E-state index in [4.69, 9.17) is 16.7 Å². The van der Waals surface area contributed by atoms with Gasteiger partial charge in [0.05, 0.1) is 10.7 Å². The minimum atomic E-state index is -0.970. The van der Waals surface area contributed by atoms with Crippen LogP contribution in [0.3, 0.4) is 0 Å². The number of carboxylic acid groups (broad SMARTS) is 1. The van der Waals surface area contributed by atoms with Crippen LogP contribution in [0.2, 0.25) is 5.02 Å². The Morgan fingerprint density at radius 3 is 2.81 bits per heavy atom. The van der Waals surface area contributed by atoms with Crippen molar-refractivity contribution in [2.75, 3.05) is 11.4 Å². The quantitative estimate of drug-likeness (QED) is 0.866. The molecule has 0 aromatic heterocycles. The van der Waals surface area contributed by atoms with E-state index < -0.39 is 5.97 Å². The second-order valence-electron chi connectivity index (χ2n) is 4.88. The van der Waals surface area contributed by atoms with Crippen LogP contribution in [0.4, 0.5) is 11.4 Å². The second kappa shape index (κ2) is 5.62. The van der Waals surface area contributed by atoms with Gasteiger partial charge in [-0.25, -0.2) is 4.79 Å². The number of fused-ring (bicyclic) bond motifs is 1. The Balaban J connectivity index is 2.09. The Labute approximate surface area is 128 Å². The highest BCUT2D eigenvalue weighted by Gasteiger charge is 2.23. The van der Waals surface area contributed by atoms with Crippen LogP contribution in [-0.2, 0) is 11.2 Å². The van der Waals surface area contributed by atoms with Gasteiger partial charge in [-0.15, -0.1) is 0 Å². The number of carbonyl (C=O) groups is 1. The van der Waals surface area contributed by atoms with Crippen LogP contribution in [0.25, 0.3) is 6.08 Å². The number of halogens is 1. The summed E-state index contributed by atoms with van der Waals surface area (Å²) in [5.41, 5.74) is 4.09. The summed E-state index contributed by atoms with van der Waals surface area (Å²) in [5, 5.41) is 9.45. The minimum Gasteiger partial charge on any atom is -0.478 e. The van der Waals surface area contributed by atoms with Gasteiger partial charge in [-0.3, -0.25) is 0 Å². The number of anilines is 2. The summed E-state index contributed by atoms with van der Waals surface area (Å²) in [4.78, 5) is 12.9. The van der Waals surface area contributed by atoms with E-state index in [0.29, 0.717) is 5.02 Å². The molecule has 21 heavy (non-hydrogen) atoms. The molecule has 0 aliphatic carbocycles. The lowest BCUT2D eigenvalue weighted by Gasteiger charge is -2.23. The Kier molecular flexibility index (Phi) is 3.67. The molecule has 0 saturated heterocycles. The standard InChI is InChI=1S/C17H14ClNO2/c18-14-6-3-5-13(8-9-16(20)21)17(14)19-11-10-12-4-1-2-7-15(12)19/h1-9H,10-11H2,(H,20,21)/b9-8+. The summed E-state index contributed by atoms with van der Waals surface area (Å²) in [6.45, 7) is 0.844. The Hall–Kier alpha value is -2.26. The molecule has 0 spiro atoms. The van der Waals surface area contributed by atoms with Gasteiger partial charge < -0.3 is 10.0 Å². The fraction of sp³-hybridized carbons (Fsp3) is 0.118. The van der Waals surface area contributed by atoms with E-state index in [1.807, 2.05) is 30.3 Å². The zero-order chi connectivity index (χ0) is 14.8. The van der Waals surface area contributed by atoms with Gasteiger partial charge in [0, 0.05) is 18.3 Å². The van der Waals surface area contributed by atoms with Crippen LogP contribution in [0.15, 0.2) is 48.5 Å². The number of benzene rings is 2. The van der Waals surface area contributed by atoms with E-state index >= 15 is 0 Å². The van der Waals surface area contributed by atoms with Crippen LogP contribution in [0, 0.1) is 0 Å². The summed E-state index contributed by atoms with van der Waals surface area (Å²) < 4.78 is 0. The topological polar surface area (TPSA) is 40.5 Å². The lowest BCUT2D eigenvalue weighted by molar-refractivity contribution is -0.131. The minimum absolute atomic E-state index is 0.624. The molecule has 0 saturated carbocycles. The predicted octanol–water partition coefficient (Wildman–Crippen LogP) is 4.13. The molecule has 2 aromatic carbocycles. The second-order valence-corrected chi connectivity index (χ2v) is 5.29. The molecule has 0 fully saturated rings. The molecule has 106 valence electrons. The van der Waals surface area contributed by atoms with Crippen molar-refractivity contribution in [2.45, 2.75) is 6.42 Å². The lowest BCUT2D eigenvalue weighted by atomic mass is 10.1. The van der Waals surface area contributed by atoms with E-state index in [-0.39, 0.29) is 0 Å². The van der Waals surface area contributed by atoms with Crippen LogP contribution >= 0.6 is 11.6 Å². The maximum absolute atomic E-state index is 10.8. The number of carboxylic acids is 1. The molecule has 0 atom stereocenters. The highest BCUT2D eigenvalue weighted by Crippen LogP contribution is 2.40. The van der Waals surface area contributed by atoms with Crippen molar-refractivity contribution in [3.63, 3.8) is 0 Å². The van der Waals surface area contributed by atoms with E-state index in [1.165, 1.54) is 5.56 Å². The summed E-state index contributed by atoms with van der Waals surface area (Å²) in [6.07, 6.45) is 3.69. The molecule has 0 bridgehead atoms. The highest BCUT2D eigenvalue weighted by molar-refractivity contribution is 6.33. The van der Waals surface area contributed by atoms with E-state index in [2.05, 4.69) is 17.0 Å². The third-order valence-electron chi connectivity index (χ3n) is 3.58. The first-order valence-electron chi connectivity index (χ1n) is 6.72. The molecular formula is C17H14ClNO2. The van der Waals surface area contributed by atoms with Crippen LogP contribution < -0.4 is 4.90 Å². The molecule has 1 aliphatic heterocycles. The van der Waals surface area contributed by atoms with Gasteiger partial charge in [0.2, 0.25) is 0 Å². The highest BCUT2D eigenvalue weighted by atomic mass is 35.5. The molecule has 0 radical (unpaired) electrons. The number of aliphatic carboxylic acids is 1. The predicted molar refractivity (Wildman–Crippen MR) is 85.3 cm³/mol. The summed E-state index contributed by atoms with van der Waals surface area (Å²) in [6, 6.07) is 13.7. The van der Waals surface area contributed by atoms with Crippen molar-refractivity contribution in [3.05, 3.63) is 64.7 Å². The number of hydrogen-bond donors (Lipinski definition) is 1. The molecule has 4 heteroatoms. The van der Waals surface area contributed by atoms with Gasteiger partial charge in [0.1, 0.15) is 0 Å². The van der Waals surface area contributed by atoms with Crippen molar-refractivity contribution in [3.8, 4) is 0 Å². The first-order valence-corrected chi connectivity index (χ1v) is 7.09. The van der Waals surface area contributed by atoms with E-state index in [0.717, 1.165) is 36.0 Å². The Morgan fingerprint density at radius 1 is 1.19 bits per heavy atom. The van der Waals surface area contributed by atoms with Gasteiger partial charge in [0.25, 0.3) is 0 Å². The normalized spacial score (nSPS) is 13.7. The third kappa shape index (κ3) is 2.65. The maximum atomic E-state index is 10.8. The molecule has 3 nitrogen and oxygen atoms in total. The lowest BCUT2D eigenvalue weighted by Crippen LogP contribution is -2.15. The van der Waals surface area contributed by atoms with Gasteiger partial charge >= 0.3 is 5.97 Å². The fourth-order valence-corrected chi connectivity index (χ4v) is 2.97. The zero-order valence-electron chi connectivity index (χ0n) is 11.3. The van der Waals surface area contributed by atoms with Crippen LogP contribution in [0.5, 0.6) is 0 Å². The van der Waals surface area contributed by atoms with Gasteiger partial charge in [-0.05, 0) is 35.8 Å². The summed E-state index contributed by atoms with van der Waals surface area (Å²) in [5.74, 6) is -0.970. The monoisotopic (exact) mass is 299 g/mol. The Morgan fingerprint density at radius 2 is 2.00 bits per heavy atom. The number of nitrogens with zero attached hydrogens (tertiary/aromatic N) is 1. The molecular weight excluding hydrogens is 286 g/mol. The van der Waals surface area contributed by atoms with Crippen LogP contribution in [-0.4, -0.2) is 17.6 Å². The first kappa shape index (κ1) is 13.7. The largest absolute Gasteiger partial charge is 0.478 e. The summed E-state index contributed by atoms with van der Waals surface area (Å²) >= 11 is 6.37. The van der Waals surface area contributed by atoms with Crippen LogP contribution in [0.1, 0.15) is 11.1 Å².